The largest absolute Gasteiger partial charge is 0.324 e. The average molecular weight is 195 g/mol. The Bertz CT molecular complexity index is 201. The van der Waals surface area contributed by atoms with Crippen molar-refractivity contribution < 1.29 is 0 Å². The first-order chi connectivity index (χ1) is 6.31. The minimum absolute atomic E-state index is 0.0794. The summed E-state index contributed by atoms with van der Waals surface area (Å²) in [5.41, 5.74) is 7.32. The Morgan fingerprint density at radius 1 is 1.43 bits per heavy atom. The predicted octanol–water partition coefficient (Wildman–Crippen LogP) is 3.52. The number of hydrogen-bond donors (Lipinski definition) is 1. The van der Waals surface area contributed by atoms with Crippen molar-refractivity contribution in [1.29, 1.82) is 0 Å². The molecular weight excluding hydrogens is 170 g/mol. The molecule has 0 bridgehead atoms. The monoisotopic (exact) mass is 195 g/mol. The third-order valence-corrected chi connectivity index (χ3v) is 2.70. The molecule has 0 aromatic heterocycles. The fourth-order valence-electron chi connectivity index (χ4n) is 1.64. The van der Waals surface area contributed by atoms with E-state index in [2.05, 4.69) is 40.9 Å². The lowest BCUT2D eigenvalue weighted by molar-refractivity contribution is 0.397. The van der Waals surface area contributed by atoms with Crippen molar-refractivity contribution in [3.05, 3.63) is 24.8 Å². The Balaban J connectivity index is 4.36. The van der Waals surface area contributed by atoms with Crippen LogP contribution in [0.25, 0.3) is 0 Å². The normalized spacial score (nSPS) is 14.1. The van der Waals surface area contributed by atoms with E-state index in [-0.39, 0.29) is 11.5 Å². The standard InChI is InChI=1S/C13H25N/c1-7-8-13(5,6)11(4)12(14)9-10(2)3/h7,10,12H,1,4,8-9,14H2,2-3,5-6H3. The van der Waals surface area contributed by atoms with Crippen molar-refractivity contribution in [3.8, 4) is 0 Å². The molecule has 0 saturated heterocycles. The van der Waals surface area contributed by atoms with E-state index in [0.717, 1.165) is 18.4 Å². The van der Waals surface area contributed by atoms with Gasteiger partial charge in [-0.15, -0.1) is 6.58 Å². The van der Waals surface area contributed by atoms with Crippen LogP contribution in [0.2, 0.25) is 0 Å². The second kappa shape index (κ2) is 5.35. The molecule has 2 N–H and O–H groups in total. The van der Waals surface area contributed by atoms with Crippen molar-refractivity contribution in [2.45, 2.75) is 46.6 Å². The van der Waals surface area contributed by atoms with Crippen LogP contribution in [0.5, 0.6) is 0 Å². The molecule has 0 radical (unpaired) electrons. The van der Waals surface area contributed by atoms with Gasteiger partial charge in [0.25, 0.3) is 0 Å². The summed E-state index contributed by atoms with van der Waals surface area (Å²) in [6, 6.07) is 0.116. The lowest BCUT2D eigenvalue weighted by Crippen LogP contribution is -2.31. The zero-order valence-corrected chi connectivity index (χ0v) is 10.1. The van der Waals surface area contributed by atoms with Gasteiger partial charge in [0, 0.05) is 6.04 Å². The van der Waals surface area contributed by atoms with Gasteiger partial charge in [-0.25, -0.2) is 0 Å². The molecule has 1 unspecified atom stereocenters. The Hall–Kier alpha value is -0.560. The summed E-state index contributed by atoms with van der Waals surface area (Å²) in [5.74, 6) is 0.626. The molecule has 0 aromatic carbocycles. The summed E-state index contributed by atoms with van der Waals surface area (Å²) in [7, 11) is 0. The van der Waals surface area contributed by atoms with Crippen molar-refractivity contribution in [2.75, 3.05) is 0 Å². The van der Waals surface area contributed by atoms with Crippen LogP contribution < -0.4 is 5.73 Å². The van der Waals surface area contributed by atoms with Gasteiger partial charge >= 0.3 is 0 Å². The topological polar surface area (TPSA) is 26.0 Å². The number of allylic oxidation sites excluding steroid dienone is 1. The van der Waals surface area contributed by atoms with Gasteiger partial charge in [-0.1, -0.05) is 45.9 Å². The maximum absolute atomic E-state index is 6.10. The van der Waals surface area contributed by atoms with Gasteiger partial charge in [0.05, 0.1) is 0 Å². The van der Waals surface area contributed by atoms with Gasteiger partial charge in [0.2, 0.25) is 0 Å². The molecule has 0 heterocycles. The molecule has 0 aromatic rings. The molecular formula is C13H25N. The highest BCUT2D eigenvalue weighted by atomic mass is 14.6. The van der Waals surface area contributed by atoms with Gasteiger partial charge in [-0.3, -0.25) is 0 Å². The maximum Gasteiger partial charge on any atom is 0.0258 e. The first kappa shape index (κ1) is 13.4. The Kier molecular flexibility index (Phi) is 5.14. The fraction of sp³-hybridized carbons (Fsp3) is 0.692. The van der Waals surface area contributed by atoms with Crippen molar-refractivity contribution >= 4 is 0 Å². The zero-order chi connectivity index (χ0) is 11.4. The fourth-order valence-corrected chi connectivity index (χ4v) is 1.64. The summed E-state index contributed by atoms with van der Waals surface area (Å²) < 4.78 is 0. The second-order valence-corrected chi connectivity index (χ2v) is 5.14. The van der Waals surface area contributed by atoms with Crippen molar-refractivity contribution in [3.63, 3.8) is 0 Å². The first-order valence-corrected chi connectivity index (χ1v) is 5.37. The van der Waals surface area contributed by atoms with E-state index >= 15 is 0 Å². The van der Waals surface area contributed by atoms with Crippen LogP contribution in [0.15, 0.2) is 24.8 Å². The number of hydrogen-bond acceptors (Lipinski definition) is 1. The SMILES string of the molecule is C=CCC(C)(C)C(=C)C(N)CC(C)C. The Morgan fingerprint density at radius 3 is 2.29 bits per heavy atom. The van der Waals surface area contributed by atoms with Gasteiger partial charge < -0.3 is 5.73 Å². The van der Waals surface area contributed by atoms with E-state index in [4.69, 9.17) is 5.73 Å². The third kappa shape index (κ3) is 4.10. The first-order valence-electron chi connectivity index (χ1n) is 5.37. The summed E-state index contributed by atoms with van der Waals surface area (Å²) in [6.07, 6.45) is 3.89. The number of nitrogens with two attached hydrogens (primary N) is 1. The summed E-state index contributed by atoms with van der Waals surface area (Å²) >= 11 is 0. The minimum atomic E-state index is 0.0794. The highest BCUT2D eigenvalue weighted by molar-refractivity contribution is 5.15. The minimum Gasteiger partial charge on any atom is -0.324 e. The zero-order valence-electron chi connectivity index (χ0n) is 10.1. The lowest BCUT2D eigenvalue weighted by Gasteiger charge is -2.31. The van der Waals surface area contributed by atoms with Crippen LogP contribution in [0.4, 0.5) is 0 Å². The predicted molar refractivity (Wildman–Crippen MR) is 65.2 cm³/mol. The Morgan fingerprint density at radius 2 is 1.93 bits per heavy atom. The summed E-state index contributed by atoms with van der Waals surface area (Å²) in [6.45, 7) is 16.6. The molecule has 0 fully saturated rings. The quantitative estimate of drug-likeness (QED) is 0.645. The van der Waals surface area contributed by atoms with Gasteiger partial charge in [0.15, 0.2) is 0 Å². The van der Waals surface area contributed by atoms with E-state index in [1.165, 1.54) is 0 Å². The van der Waals surface area contributed by atoms with Crippen LogP contribution in [0.3, 0.4) is 0 Å². The van der Waals surface area contributed by atoms with Gasteiger partial charge in [0.1, 0.15) is 0 Å². The number of rotatable bonds is 6. The molecule has 1 atom stereocenters. The molecule has 1 nitrogen and oxygen atoms in total. The average Bonchev–Trinajstić information content (AvgIpc) is 2.01. The van der Waals surface area contributed by atoms with Crippen molar-refractivity contribution in [1.82, 2.24) is 0 Å². The Labute approximate surface area is 89.1 Å². The van der Waals surface area contributed by atoms with Gasteiger partial charge in [-0.05, 0) is 24.2 Å². The van der Waals surface area contributed by atoms with Crippen LogP contribution >= 0.6 is 0 Å². The van der Waals surface area contributed by atoms with E-state index in [1.807, 2.05) is 6.08 Å². The van der Waals surface area contributed by atoms with E-state index in [1.54, 1.807) is 0 Å². The molecule has 0 aliphatic heterocycles. The van der Waals surface area contributed by atoms with Crippen LogP contribution in [-0.2, 0) is 0 Å². The highest BCUT2D eigenvalue weighted by Crippen LogP contribution is 2.32. The molecule has 0 amide bonds. The maximum atomic E-state index is 6.10. The van der Waals surface area contributed by atoms with Crippen molar-refractivity contribution in [2.24, 2.45) is 17.1 Å². The molecule has 82 valence electrons. The van der Waals surface area contributed by atoms with E-state index in [9.17, 15) is 0 Å². The molecule has 0 rings (SSSR count). The lowest BCUT2D eigenvalue weighted by atomic mass is 9.77. The summed E-state index contributed by atoms with van der Waals surface area (Å²) in [4.78, 5) is 0. The molecule has 0 saturated carbocycles. The molecule has 0 aliphatic rings. The summed E-state index contributed by atoms with van der Waals surface area (Å²) in [5, 5.41) is 0. The smallest absolute Gasteiger partial charge is 0.0258 e. The van der Waals surface area contributed by atoms with E-state index in [0.29, 0.717) is 5.92 Å². The van der Waals surface area contributed by atoms with Crippen LogP contribution in [-0.4, -0.2) is 6.04 Å². The molecule has 0 spiro atoms. The molecule has 0 aliphatic carbocycles. The van der Waals surface area contributed by atoms with Crippen LogP contribution in [0.1, 0.15) is 40.5 Å². The van der Waals surface area contributed by atoms with Gasteiger partial charge in [-0.2, -0.15) is 0 Å². The molecule has 1 heteroatoms. The van der Waals surface area contributed by atoms with Crippen LogP contribution in [0, 0.1) is 11.3 Å². The molecule has 14 heavy (non-hydrogen) atoms. The van der Waals surface area contributed by atoms with E-state index < -0.39 is 0 Å². The highest BCUT2D eigenvalue weighted by Gasteiger charge is 2.24. The third-order valence-electron chi connectivity index (χ3n) is 2.70. The second-order valence-electron chi connectivity index (χ2n) is 5.14.